The molecule has 2 aliphatic heterocycles. The van der Waals surface area contributed by atoms with Crippen molar-refractivity contribution in [2.24, 2.45) is 0 Å². The Morgan fingerprint density at radius 3 is 2.46 bits per heavy atom. The van der Waals surface area contributed by atoms with Crippen LogP contribution in [0.1, 0.15) is 57.7 Å². The Balaban J connectivity index is 1.45. The highest BCUT2D eigenvalue weighted by Gasteiger charge is 2.43. The number of hydrogen-bond acceptors (Lipinski definition) is 6. The molecule has 0 unspecified atom stereocenters. The Kier molecular flexibility index (Phi) is 10.2. The largest absolute Gasteiger partial charge is 0.286 e. The summed E-state index contributed by atoms with van der Waals surface area (Å²) in [7, 11) is -4.34. The molecule has 15 heteroatoms. The first kappa shape index (κ1) is 34.5. The molecule has 0 atom stereocenters. The van der Waals surface area contributed by atoms with Gasteiger partial charge in [-0.05, 0) is 62.2 Å². The number of hydrogen-bond donors (Lipinski definition) is 2. The Morgan fingerprint density at radius 1 is 1.02 bits per heavy atom. The molecular formula is C33H32Cl2F2N6O3S2. The third-order valence-electron chi connectivity index (χ3n) is 8.08. The van der Waals surface area contributed by atoms with Crippen LogP contribution in [0, 0.1) is 18.8 Å². The number of amides is 1. The molecule has 4 aromatic rings. The van der Waals surface area contributed by atoms with Gasteiger partial charge in [0.25, 0.3) is 22.0 Å². The molecule has 2 aliphatic rings. The first-order valence-electron chi connectivity index (χ1n) is 15.3. The van der Waals surface area contributed by atoms with Crippen molar-refractivity contribution in [1.29, 1.82) is 0 Å². The van der Waals surface area contributed by atoms with Gasteiger partial charge >= 0.3 is 0 Å². The van der Waals surface area contributed by atoms with E-state index in [2.05, 4.69) is 22.0 Å². The number of thiophene rings is 1. The first-order chi connectivity index (χ1) is 22.9. The summed E-state index contributed by atoms with van der Waals surface area (Å²) in [5.74, 6) is 2.66. The lowest BCUT2D eigenvalue weighted by Gasteiger charge is -2.26. The molecule has 4 heterocycles. The minimum Gasteiger partial charge on any atom is -0.283 e. The molecule has 6 rings (SSSR count). The van der Waals surface area contributed by atoms with Gasteiger partial charge in [-0.3, -0.25) is 10.2 Å². The van der Waals surface area contributed by atoms with Gasteiger partial charge in [-0.1, -0.05) is 59.2 Å². The summed E-state index contributed by atoms with van der Waals surface area (Å²) in [6.07, 6.45) is 2.30. The number of nitrogens with one attached hydrogen (secondary N) is 2. The average molecular weight is 734 g/mol. The zero-order valence-corrected chi connectivity index (χ0v) is 29.0. The van der Waals surface area contributed by atoms with E-state index in [9.17, 15) is 22.0 Å². The molecule has 252 valence electrons. The van der Waals surface area contributed by atoms with Gasteiger partial charge in [-0.2, -0.15) is 22.5 Å². The fourth-order valence-electron chi connectivity index (χ4n) is 5.55. The number of carbonyl (C=O) groups excluding carboxylic acids is 1. The number of piperidine rings is 1. The fraction of sp³-hybridized carbons (Fsp3) is 0.333. The second-order valence-corrected chi connectivity index (χ2v) is 15.4. The summed E-state index contributed by atoms with van der Waals surface area (Å²) in [5, 5.41) is 7.14. The number of benzene rings is 2. The quantitative estimate of drug-likeness (QED) is 0.204. The summed E-state index contributed by atoms with van der Waals surface area (Å²) in [4.78, 5) is 15.2. The zero-order valence-electron chi connectivity index (χ0n) is 25.9. The van der Waals surface area contributed by atoms with Crippen LogP contribution < -0.4 is 10.1 Å². The number of alkyl halides is 2. The number of carbonyl (C=O) groups is 1. The summed E-state index contributed by atoms with van der Waals surface area (Å²) in [6, 6.07) is 16.3. The van der Waals surface area contributed by atoms with Crippen LogP contribution in [-0.2, 0) is 16.8 Å². The zero-order chi connectivity index (χ0) is 34.1. The van der Waals surface area contributed by atoms with Gasteiger partial charge in [0.1, 0.15) is 0 Å². The van der Waals surface area contributed by atoms with Crippen LogP contribution in [0.25, 0.3) is 16.3 Å². The van der Waals surface area contributed by atoms with E-state index in [0.717, 1.165) is 30.4 Å². The maximum Gasteiger partial charge on any atom is 0.286 e. The minimum atomic E-state index is -4.34. The highest BCUT2D eigenvalue weighted by atomic mass is 35.5. The van der Waals surface area contributed by atoms with Crippen LogP contribution in [0.2, 0.25) is 10.0 Å². The second-order valence-electron chi connectivity index (χ2n) is 11.7. The molecule has 0 radical (unpaired) electrons. The minimum absolute atomic E-state index is 0.0447. The molecule has 0 saturated carbocycles. The van der Waals surface area contributed by atoms with E-state index in [0.29, 0.717) is 43.6 Å². The second kappa shape index (κ2) is 14.2. The molecule has 0 spiro atoms. The van der Waals surface area contributed by atoms with Crippen LogP contribution in [0.4, 0.5) is 8.78 Å². The van der Waals surface area contributed by atoms with Crippen LogP contribution in [0.5, 0.6) is 0 Å². The number of halogens is 4. The number of rotatable bonds is 8. The Morgan fingerprint density at radius 2 is 1.77 bits per heavy atom. The summed E-state index contributed by atoms with van der Waals surface area (Å²) in [5.41, 5.74) is 5.86. The molecular weight excluding hydrogens is 701 g/mol. The van der Waals surface area contributed by atoms with E-state index < -0.39 is 41.5 Å². The van der Waals surface area contributed by atoms with Gasteiger partial charge in [0.2, 0.25) is 0 Å². The maximum atomic E-state index is 14.0. The maximum absolute atomic E-state index is 14.0. The molecule has 2 N–H and O–H groups in total. The molecule has 2 fully saturated rings. The summed E-state index contributed by atoms with van der Waals surface area (Å²) >= 11 is 14.2. The van der Waals surface area contributed by atoms with Crippen molar-refractivity contribution >= 4 is 50.7 Å². The molecule has 9 nitrogen and oxygen atoms in total. The van der Waals surface area contributed by atoms with Crippen molar-refractivity contribution < 1.29 is 22.0 Å². The highest BCUT2D eigenvalue weighted by Crippen LogP contribution is 2.37. The molecule has 0 bridgehead atoms. The predicted molar refractivity (Wildman–Crippen MR) is 184 cm³/mol. The van der Waals surface area contributed by atoms with Gasteiger partial charge in [0.15, 0.2) is 5.69 Å². The van der Waals surface area contributed by atoms with E-state index >= 15 is 0 Å². The lowest BCUT2D eigenvalue weighted by molar-refractivity contribution is 0.0183. The van der Waals surface area contributed by atoms with E-state index in [1.807, 2.05) is 48.3 Å². The highest BCUT2D eigenvalue weighted by molar-refractivity contribution is 7.87. The van der Waals surface area contributed by atoms with Crippen LogP contribution >= 0.6 is 34.5 Å². The van der Waals surface area contributed by atoms with Crippen LogP contribution in [-0.4, -0.2) is 65.5 Å². The lowest BCUT2D eigenvalue weighted by atomic mass is 10.1. The van der Waals surface area contributed by atoms with E-state index in [-0.39, 0.29) is 22.8 Å². The first-order valence-corrected chi connectivity index (χ1v) is 18.3. The Bertz CT molecular complexity index is 2000. The number of aryl methyl sites for hydroxylation is 1. The van der Waals surface area contributed by atoms with Crippen molar-refractivity contribution in [3.63, 3.8) is 0 Å². The predicted octanol–water partition coefficient (Wildman–Crippen LogP) is 6.42. The number of aromatic nitrogens is 2. The molecule has 1 amide bonds. The van der Waals surface area contributed by atoms with Crippen molar-refractivity contribution in [2.75, 3.05) is 26.2 Å². The lowest BCUT2D eigenvalue weighted by Crippen LogP contribution is -2.45. The monoisotopic (exact) mass is 732 g/mol. The van der Waals surface area contributed by atoms with E-state index in [1.54, 1.807) is 18.2 Å². The topological polar surface area (TPSA) is 99.6 Å². The van der Waals surface area contributed by atoms with Gasteiger partial charge < -0.3 is 0 Å². The standard InChI is InChI=1S/C33H32Cl2F2N6O3S2/c1-22-5-7-23(8-6-22)9-11-25-12-14-29(47-25)31-26(20-38-48(45,46)42-18-15-33(36,37)21-42)30(32(44)40-41-16-3-2-4-17-41)39-43(31)28-13-10-24(34)19-27(28)35/h5-8,10,12-14,19,38H,2-4,15-18,20-21H2,1H3,(H,40,44). The molecule has 2 aromatic heterocycles. The number of hydrazine groups is 1. The molecule has 48 heavy (non-hydrogen) atoms. The van der Waals surface area contributed by atoms with Gasteiger partial charge in [-0.15, -0.1) is 11.3 Å². The fourth-order valence-corrected chi connectivity index (χ4v) is 8.16. The average Bonchev–Trinajstić information content (AvgIpc) is 3.77. The van der Waals surface area contributed by atoms with Crippen molar-refractivity contribution in [1.82, 2.24) is 29.2 Å². The third-order valence-corrected chi connectivity index (χ3v) is 11.1. The van der Waals surface area contributed by atoms with E-state index in [4.69, 9.17) is 28.3 Å². The van der Waals surface area contributed by atoms with Crippen molar-refractivity contribution in [3.8, 4) is 28.1 Å². The summed E-state index contributed by atoms with van der Waals surface area (Å²) < 4.78 is 59.1. The Hall–Kier alpha value is -3.35. The van der Waals surface area contributed by atoms with Crippen molar-refractivity contribution in [3.05, 3.63) is 91.9 Å². The van der Waals surface area contributed by atoms with Gasteiger partial charge in [0.05, 0.1) is 32.7 Å². The van der Waals surface area contributed by atoms with Crippen molar-refractivity contribution in [2.45, 2.75) is 45.1 Å². The van der Waals surface area contributed by atoms with Crippen LogP contribution in [0.3, 0.4) is 0 Å². The molecule has 0 aliphatic carbocycles. The molecule has 2 aromatic carbocycles. The van der Waals surface area contributed by atoms with Gasteiger partial charge in [-0.25, -0.2) is 18.5 Å². The summed E-state index contributed by atoms with van der Waals surface area (Å²) in [6.45, 7) is 1.65. The molecule has 2 saturated heterocycles. The Labute approximate surface area is 292 Å². The smallest absolute Gasteiger partial charge is 0.283 e. The van der Waals surface area contributed by atoms with Crippen LogP contribution in [0.15, 0.2) is 54.6 Å². The normalized spacial score (nSPS) is 16.9. The number of nitrogens with zero attached hydrogens (tertiary/aromatic N) is 4. The SMILES string of the molecule is Cc1ccc(C#Cc2ccc(-c3c(CNS(=O)(=O)N4CCC(F)(F)C4)c(C(=O)NN4CCCCC4)nn3-c3ccc(Cl)cc3Cl)s2)cc1. The third kappa shape index (κ3) is 7.92. The van der Waals surface area contributed by atoms with Gasteiger partial charge in [0, 0.05) is 48.7 Å². The van der Waals surface area contributed by atoms with E-state index in [1.165, 1.54) is 16.0 Å².